The Hall–Kier alpha value is -1.16. The van der Waals surface area contributed by atoms with Crippen molar-refractivity contribution in [2.75, 3.05) is 0 Å². The van der Waals surface area contributed by atoms with E-state index in [1.165, 1.54) is 0 Å². The molecule has 2 aromatic rings. The fraction of sp³-hybridized carbons (Fsp3) is 0.333. The summed E-state index contributed by atoms with van der Waals surface area (Å²) in [6.07, 6.45) is 3.79. The van der Waals surface area contributed by atoms with Gasteiger partial charge in [0.2, 0.25) is 0 Å². The number of hydrogen-bond donors (Lipinski definition) is 0. The van der Waals surface area contributed by atoms with Crippen molar-refractivity contribution in [2.24, 2.45) is 4.99 Å². The van der Waals surface area contributed by atoms with Gasteiger partial charge in [-0.05, 0) is 48.8 Å². The van der Waals surface area contributed by atoms with Gasteiger partial charge in [-0.2, -0.15) is 0 Å². The lowest BCUT2D eigenvalue weighted by molar-refractivity contribution is 0.586. The number of hydrogen-bond acceptors (Lipinski definition) is 2. The number of rotatable bonds is 1. The molecule has 0 unspecified atom stereocenters. The Bertz CT molecular complexity index is 535. The molecule has 0 bridgehead atoms. The molecule has 0 atom stereocenters. The van der Waals surface area contributed by atoms with Gasteiger partial charge >= 0.3 is 0 Å². The molecule has 0 aromatic carbocycles. The van der Waals surface area contributed by atoms with E-state index in [2.05, 4.69) is 46.7 Å². The van der Waals surface area contributed by atoms with Gasteiger partial charge in [-0.25, -0.2) is 4.98 Å². The van der Waals surface area contributed by atoms with E-state index in [9.17, 15) is 0 Å². The molecule has 2 rings (SSSR count). The standard InChI is InChI=1S/C12H14BrN3/c1-12(2,3)14-8-9-11(13)16-7-5-4-6-10(16)15-9/h4-8H,1-3H3. The number of aromatic nitrogens is 2. The third-order valence-electron chi connectivity index (χ3n) is 2.07. The van der Waals surface area contributed by atoms with Crippen molar-refractivity contribution in [3.63, 3.8) is 0 Å². The average molecular weight is 280 g/mol. The van der Waals surface area contributed by atoms with Crippen LogP contribution in [0.3, 0.4) is 0 Å². The van der Waals surface area contributed by atoms with E-state index < -0.39 is 0 Å². The number of imidazole rings is 1. The molecule has 0 amide bonds. The molecule has 0 radical (unpaired) electrons. The van der Waals surface area contributed by atoms with Gasteiger partial charge in [0.1, 0.15) is 15.9 Å². The number of aliphatic imine (C=N–C) groups is 1. The molecule has 0 N–H and O–H groups in total. The molecule has 0 fully saturated rings. The van der Waals surface area contributed by atoms with Crippen LogP contribution in [0.4, 0.5) is 0 Å². The number of pyridine rings is 1. The summed E-state index contributed by atoms with van der Waals surface area (Å²) < 4.78 is 2.93. The second-order valence-corrected chi connectivity index (χ2v) is 5.40. The van der Waals surface area contributed by atoms with Crippen LogP contribution in [0.2, 0.25) is 0 Å². The SMILES string of the molecule is CC(C)(C)N=Cc1nc2ccccn2c1Br. The summed E-state index contributed by atoms with van der Waals surface area (Å²) in [6, 6.07) is 5.92. The Balaban J connectivity index is 2.46. The van der Waals surface area contributed by atoms with Gasteiger partial charge in [-0.3, -0.25) is 9.39 Å². The van der Waals surface area contributed by atoms with E-state index in [0.29, 0.717) is 0 Å². The molecular weight excluding hydrogens is 266 g/mol. The number of nitrogens with zero attached hydrogens (tertiary/aromatic N) is 3. The molecule has 0 aliphatic carbocycles. The molecule has 16 heavy (non-hydrogen) atoms. The third kappa shape index (κ3) is 2.32. The summed E-state index contributed by atoms with van der Waals surface area (Å²) in [7, 11) is 0. The zero-order valence-electron chi connectivity index (χ0n) is 9.61. The van der Waals surface area contributed by atoms with Crippen LogP contribution in [-0.2, 0) is 0 Å². The van der Waals surface area contributed by atoms with Crippen LogP contribution in [0.5, 0.6) is 0 Å². The van der Waals surface area contributed by atoms with E-state index in [-0.39, 0.29) is 5.54 Å². The highest BCUT2D eigenvalue weighted by molar-refractivity contribution is 9.10. The largest absolute Gasteiger partial charge is 0.294 e. The van der Waals surface area contributed by atoms with Gasteiger partial charge in [-0.15, -0.1) is 0 Å². The summed E-state index contributed by atoms with van der Waals surface area (Å²) in [6.45, 7) is 6.19. The predicted molar refractivity (Wildman–Crippen MR) is 70.2 cm³/mol. The van der Waals surface area contributed by atoms with Gasteiger partial charge in [0, 0.05) is 6.20 Å². The maximum atomic E-state index is 4.48. The van der Waals surface area contributed by atoms with Crippen molar-refractivity contribution in [1.29, 1.82) is 0 Å². The number of fused-ring (bicyclic) bond motifs is 1. The van der Waals surface area contributed by atoms with Gasteiger partial charge in [0.15, 0.2) is 0 Å². The molecule has 0 aliphatic heterocycles. The van der Waals surface area contributed by atoms with Crippen LogP contribution < -0.4 is 0 Å². The van der Waals surface area contributed by atoms with Gasteiger partial charge in [0.25, 0.3) is 0 Å². The lowest BCUT2D eigenvalue weighted by Crippen LogP contribution is -2.09. The molecule has 84 valence electrons. The molecule has 0 aliphatic rings. The van der Waals surface area contributed by atoms with Crippen LogP contribution in [0, 0.1) is 0 Å². The molecule has 2 aromatic heterocycles. The fourth-order valence-electron chi connectivity index (χ4n) is 1.32. The fourth-order valence-corrected chi connectivity index (χ4v) is 1.81. The van der Waals surface area contributed by atoms with E-state index in [1.807, 2.05) is 35.0 Å². The van der Waals surface area contributed by atoms with Crippen molar-refractivity contribution in [3.8, 4) is 0 Å². The van der Waals surface area contributed by atoms with E-state index in [1.54, 1.807) is 0 Å². The van der Waals surface area contributed by atoms with Crippen LogP contribution in [-0.4, -0.2) is 21.1 Å². The van der Waals surface area contributed by atoms with Gasteiger partial charge in [-0.1, -0.05) is 6.07 Å². The zero-order chi connectivity index (χ0) is 11.8. The first-order valence-electron chi connectivity index (χ1n) is 5.15. The van der Waals surface area contributed by atoms with Crippen molar-refractivity contribution in [2.45, 2.75) is 26.3 Å². The smallest absolute Gasteiger partial charge is 0.138 e. The minimum Gasteiger partial charge on any atom is -0.294 e. The third-order valence-corrected chi connectivity index (χ3v) is 2.86. The Kier molecular flexibility index (Phi) is 2.84. The minimum absolute atomic E-state index is 0.0742. The summed E-state index contributed by atoms with van der Waals surface area (Å²) in [5, 5.41) is 0. The first kappa shape index (κ1) is 11.3. The monoisotopic (exact) mass is 279 g/mol. The normalized spacial score (nSPS) is 12.8. The van der Waals surface area contributed by atoms with E-state index >= 15 is 0 Å². The quantitative estimate of drug-likeness (QED) is 0.737. The molecule has 3 nitrogen and oxygen atoms in total. The first-order chi connectivity index (χ1) is 7.47. The maximum absolute atomic E-state index is 4.48. The van der Waals surface area contributed by atoms with Crippen LogP contribution >= 0.6 is 15.9 Å². The Morgan fingerprint density at radius 3 is 2.75 bits per heavy atom. The highest BCUT2D eigenvalue weighted by Gasteiger charge is 2.09. The van der Waals surface area contributed by atoms with E-state index in [0.717, 1.165) is 15.9 Å². The van der Waals surface area contributed by atoms with Crippen molar-refractivity contribution < 1.29 is 0 Å². The summed E-state index contributed by atoms with van der Waals surface area (Å²) >= 11 is 3.53. The zero-order valence-corrected chi connectivity index (χ0v) is 11.2. The molecule has 0 saturated carbocycles. The van der Waals surface area contributed by atoms with Crippen LogP contribution in [0.1, 0.15) is 26.5 Å². The molecule has 4 heteroatoms. The second kappa shape index (κ2) is 4.01. The Labute approximate surface area is 103 Å². The topological polar surface area (TPSA) is 29.7 Å². The Morgan fingerprint density at radius 2 is 2.12 bits per heavy atom. The Morgan fingerprint density at radius 1 is 1.38 bits per heavy atom. The van der Waals surface area contributed by atoms with Crippen molar-refractivity contribution in [1.82, 2.24) is 9.38 Å². The van der Waals surface area contributed by atoms with Crippen LogP contribution in [0.25, 0.3) is 5.65 Å². The molecular formula is C12H14BrN3. The minimum atomic E-state index is -0.0742. The summed E-state index contributed by atoms with van der Waals surface area (Å²) in [5.41, 5.74) is 1.71. The summed E-state index contributed by atoms with van der Waals surface area (Å²) in [5.74, 6) is 0. The first-order valence-corrected chi connectivity index (χ1v) is 5.94. The molecule has 2 heterocycles. The summed E-state index contributed by atoms with van der Waals surface area (Å²) in [4.78, 5) is 8.93. The van der Waals surface area contributed by atoms with Gasteiger partial charge in [0.05, 0.1) is 11.8 Å². The van der Waals surface area contributed by atoms with E-state index in [4.69, 9.17) is 0 Å². The average Bonchev–Trinajstić information content (AvgIpc) is 2.53. The highest BCUT2D eigenvalue weighted by Crippen LogP contribution is 2.18. The lowest BCUT2D eigenvalue weighted by Gasteiger charge is -2.09. The molecule has 0 spiro atoms. The lowest BCUT2D eigenvalue weighted by atomic mass is 10.1. The second-order valence-electron chi connectivity index (χ2n) is 4.65. The number of halogens is 1. The predicted octanol–water partition coefficient (Wildman–Crippen LogP) is 3.31. The van der Waals surface area contributed by atoms with Gasteiger partial charge < -0.3 is 0 Å². The van der Waals surface area contributed by atoms with Crippen LogP contribution in [0.15, 0.2) is 34.0 Å². The molecule has 0 saturated heterocycles. The highest BCUT2D eigenvalue weighted by atomic mass is 79.9. The van der Waals surface area contributed by atoms with Crippen molar-refractivity contribution >= 4 is 27.8 Å². The van der Waals surface area contributed by atoms with Crippen molar-refractivity contribution in [3.05, 3.63) is 34.7 Å². The maximum Gasteiger partial charge on any atom is 0.138 e.